The fourth-order valence-electron chi connectivity index (χ4n) is 9.66. The van der Waals surface area contributed by atoms with E-state index in [1.54, 1.807) is 0 Å². The Morgan fingerprint density at radius 3 is 2.08 bits per heavy atom. The summed E-state index contributed by atoms with van der Waals surface area (Å²) in [6, 6.07) is 44.2. The Kier molecular flexibility index (Phi) is 6.52. The molecule has 0 nitrogen and oxygen atoms in total. The van der Waals surface area contributed by atoms with Gasteiger partial charge in [0.25, 0.3) is 0 Å². The summed E-state index contributed by atoms with van der Waals surface area (Å²) in [7, 11) is 0. The van der Waals surface area contributed by atoms with Gasteiger partial charge in [-0.3, -0.25) is 0 Å². The van der Waals surface area contributed by atoms with Crippen LogP contribution >= 0.6 is 11.3 Å². The molecule has 0 amide bonds. The van der Waals surface area contributed by atoms with Crippen molar-refractivity contribution < 1.29 is 0 Å². The van der Waals surface area contributed by atoms with Gasteiger partial charge in [0, 0.05) is 25.6 Å². The minimum Gasteiger partial charge on any atom is -0.135 e. The lowest BCUT2D eigenvalue weighted by Gasteiger charge is -2.22. The number of hydrogen-bond acceptors (Lipinski definition) is 1. The zero-order chi connectivity index (χ0) is 34.6. The van der Waals surface area contributed by atoms with Crippen molar-refractivity contribution in [1.82, 2.24) is 0 Å². The number of benzene rings is 7. The molecule has 0 fully saturated rings. The summed E-state index contributed by atoms with van der Waals surface area (Å²) in [6.07, 6.45) is 16.3. The Balaban J connectivity index is 1.10. The van der Waals surface area contributed by atoms with Crippen molar-refractivity contribution >= 4 is 70.8 Å². The summed E-state index contributed by atoms with van der Waals surface area (Å²) < 4.78 is 2.72. The maximum absolute atomic E-state index is 2.50. The van der Waals surface area contributed by atoms with Crippen molar-refractivity contribution in [3.8, 4) is 33.4 Å². The lowest BCUT2D eigenvalue weighted by atomic mass is 9.81. The van der Waals surface area contributed by atoms with E-state index in [1.165, 1.54) is 108 Å². The second-order valence-electron chi connectivity index (χ2n) is 15.4. The summed E-state index contributed by atoms with van der Waals surface area (Å²) >= 11 is 1.91. The van der Waals surface area contributed by atoms with Gasteiger partial charge in [0.15, 0.2) is 0 Å². The molecule has 1 heterocycles. The largest absolute Gasteiger partial charge is 0.135 e. The molecule has 0 radical (unpaired) electrons. The van der Waals surface area contributed by atoms with Crippen LogP contribution in [0.2, 0.25) is 0 Å². The van der Waals surface area contributed by atoms with E-state index >= 15 is 0 Å². The molecule has 3 aliphatic rings. The van der Waals surface area contributed by atoms with E-state index in [0.29, 0.717) is 0 Å². The van der Waals surface area contributed by atoms with E-state index < -0.39 is 0 Å². The molecular formula is C51H38S. The minimum absolute atomic E-state index is 0.0655. The number of fused-ring (bicyclic) bond motifs is 10. The number of rotatable bonds is 3. The van der Waals surface area contributed by atoms with Crippen molar-refractivity contribution in [2.75, 3.05) is 0 Å². The molecule has 0 spiro atoms. The highest BCUT2D eigenvalue weighted by atomic mass is 32.1. The Bertz CT molecular complexity index is 3030. The van der Waals surface area contributed by atoms with Gasteiger partial charge < -0.3 is 0 Å². The van der Waals surface area contributed by atoms with E-state index in [-0.39, 0.29) is 5.41 Å². The zero-order valence-electron chi connectivity index (χ0n) is 29.6. The van der Waals surface area contributed by atoms with E-state index in [1.807, 2.05) is 11.3 Å². The van der Waals surface area contributed by atoms with Crippen LogP contribution in [0.4, 0.5) is 0 Å². The monoisotopic (exact) mass is 682 g/mol. The lowest BCUT2D eigenvalue weighted by molar-refractivity contribution is 0.661. The van der Waals surface area contributed by atoms with Gasteiger partial charge in [-0.25, -0.2) is 0 Å². The standard InChI is InChI=1S/C51H38S/c1-51(2)44-25-23-33(28-43(44)50-41-30-47-42(29-34(41)24-26-45(50)51)36-17-10-11-22-46(36)52-47)32-15-12-16-35(27-32)49-39-20-8-6-18-37(39)48(31-13-4-3-5-14-31)38-19-7-9-21-40(38)49/h3-4,6,8,10-13,15-30H,5,7,9,14H2,1-2H3. The van der Waals surface area contributed by atoms with Crippen molar-refractivity contribution in [1.29, 1.82) is 0 Å². The van der Waals surface area contributed by atoms with Gasteiger partial charge in [-0.2, -0.15) is 0 Å². The summed E-state index contributed by atoms with van der Waals surface area (Å²) in [6.45, 7) is 4.79. The normalized spacial score (nSPS) is 15.7. The van der Waals surface area contributed by atoms with E-state index in [0.717, 1.165) is 25.7 Å². The van der Waals surface area contributed by atoms with Crippen LogP contribution in [0, 0.1) is 0 Å². The van der Waals surface area contributed by atoms with Crippen molar-refractivity contribution in [3.63, 3.8) is 0 Å². The highest BCUT2D eigenvalue weighted by Gasteiger charge is 2.36. The van der Waals surface area contributed by atoms with Crippen LogP contribution in [-0.4, -0.2) is 0 Å². The molecule has 1 aromatic heterocycles. The molecule has 0 aliphatic heterocycles. The highest BCUT2D eigenvalue weighted by molar-refractivity contribution is 7.25. The van der Waals surface area contributed by atoms with Gasteiger partial charge in [0.1, 0.15) is 0 Å². The smallest absolute Gasteiger partial charge is 0.0362 e. The summed E-state index contributed by atoms with van der Waals surface area (Å²) in [5, 5.41) is 10.9. The molecule has 0 N–H and O–H groups in total. The van der Waals surface area contributed by atoms with Crippen molar-refractivity contribution in [3.05, 3.63) is 161 Å². The summed E-state index contributed by atoms with van der Waals surface area (Å²) in [5.74, 6) is 0. The van der Waals surface area contributed by atoms with Crippen LogP contribution < -0.4 is 10.4 Å². The molecular weight excluding hydrogens is 645 g/mol. The average molecular weight is 683 g/mol. The third kappa shape index (κ3) is 4.33. The molecule has 0 atom stereocenters. The highest BCUT2D eigenvalue weighted by Crippen LogP contribution is 2.53. The molecule has 0 unspecified atom stereocenters. The Morgan fingerprint density at radius 2 is 1.25 bits per heavy atom. The van der Waals surface area contributed by atoms with Crippen LogP contribution in [0.15, 0.2) is 133 Å². The summed E-state index contributed by atoms with van der Waals surface area (Å²) in [5.41, 5.74) is 13.6. The molecule has 11 rings (SSSR count). The average Bonchev–Trinajstić information content (AvgIpc) is 3.67. The molecule has 0 bridgehead atoms. The van der Waals surface area contributed by atoms with Crippen LogP contribution in [0.1, 0.15) is 56.2 Å². The van der Waals surface area contributed by atoms with E-state index in [2.05, 4.69) is 159 Å². The van der Waals surface area contributed by atoms with Crippen LogP contribution in [-0.2, 0) is 5.41 Å². The quantitative estimate of drug-likeness (QED) is 0.174. The van der Waals surface area contributed by atoms with Gasteiger partial charge in [-0.1, -0.05) is 129 Å². The topological polar surface area (TPSA) is 0 Å². The van der Waals surface area contributed by atoms with E-state index in [9.17, 15) is 0 Å². The molecule has 8 aromatic rings. The first-order valence-corrected chi connectivity index (χ1v) is 19.6. The molecule has 1 heteroatoms. The van der Waals surface area contributed by atoms with Crippen LogP contribution in [0.25, 0.3) is 92.8 Å². The van der Waals surface area contributed by atoms with Crippen LogP contribution in [0.3, 0.4) is 0 Å². The SMILES string of the molecule is CC1(C)c2ccc(-c3cccc(-c4c5c(c(C6=CC=CCC6)c6ccccc46)=CCCC=5)c3)cc2-c2c1ccc1cc3c(cc21)sc1ccccc13. The summed E-state index contributed by atoms with van der Waals surface area (Å²) in [4.78, 5) is 0. The Morgan fingerprint density at radius 1 is 0.519 bits per heavy atom. The second-order valence-corrected chi connectivity index (χ2v) is 16.5. The van der Waals surface area contributed by atoms with Gasteiger partial charge in [0.05, 0.1) is 0 Å². The van der Waals surface area contributed by atoms with E-state index in [4.69, 9.17) is 0 Å². The molecule has 248 valence electrons. The predicted molar refractivity (Wildman–Crippen MR) is 227 cm³/mol. The number of thiophene rings is 1. The number of allylic oxidation sites excluding steroid dienone is 4. The molecule has 3 aliphatic carbocycles. The fourth-order valence-corrected chi connectivity index (χ4v) is 10.8. The van der Waals surface area contributed by atoms with Gasteiger partial charge in [-0.05, 0) is 144 Å². The van der Waals surface area contributed by atoms with Crippen LogP contribution in [0.5, 0.6) is 0 Å². The minimum atomic E-state index is -0.0655. The third-order valence-corrected chi connectivity index (χ3v) is 13.3. The fraction of sp³-hybridized carbons (Fsp3) is 0.137. The first-order chi connectivity index (χ1) is 25.5. The number of hydrogen-bond donors (Lipinski definition) is 0. The third-order valence-electron chi connectivity index (χ3n) is 12.1. The maximum atomic E-state index is 2.50. The predicted octanol–water partition coefficient (Wildman–Crippen LogP) is 13.1. The first kappa shape index (κ1) is 30.2. The zero-order valence-corrected chi connectivity index (χ0v) is 30.4. The van der Waals surface area contributed by atoms with Crippen molar-refractivity contribution in [2.24, 2.45) is 0 Å². The molecule has 52 heavy (non-hydrogen) atoms. The molecule has 7 aromatic carbocycles. The van der Waals surface area contributed by atoms with Gasteiger partial charge in [0.2, 0.25) is 0 Å². The van der Waals surface area contributed by atoms with Gasteiger partial charge in [-0.15, -0.1) is 11.3 Å². The first-order valence-electron chi connectivity index (χ1n) is 18.8. The lowest BCUT2D eigenvalue weighted by Crippen LogP contribution is -2.33. The van der Waals surface area contributed by atoms with Crippen molar-refractivity contribution in [2.45, 2.75) is 44.9 Å². The Labute approximate surface area is 308 Å². The van der Waals surface area contributed by atoms with Gasteiger partial charge >= 0.3 is 0 Å². The molecule has 0 saturated carbocycles. The molecule has 0 saturated heterocycles. The second kappa shape index (κ2) is 11.2. The maximum Gasteiger partial charge on any atom is 0.0362 e. The Hall–Kier alpha value is -5.50.